The summed E-state index contributed by atoms with van der Waals surface area (Å²) in [6.45, 7) is 6.12. The molecule has 104 valence electrons. The van der Waals surface area contributed by atoms with Gasteiger partial charge in [0.05, 0.1) is 0 Å². The quantitative estimate of drug-likeness (QED) is 0.117. The maximum Gasteiger partial charge on any atom is 0.0126 e. The van der Waals surface area contributed by atoms with E-state index < -0.39 is 0 Å². The van der Waals surface area contributed by atoms with Crippen LogP contribution in [0.4, 0.5) is 0 Å². The van der Waals surface area contributed by atoms with Crippen molar-refractivity contribution in [1.82, 2.24) is 43.8 Å². The molecule has 0 aromatic rings. The summed E-state index contributed by atoms with van der Waals surface area (Å²) < 4.78 is 0. The largest absolute Gasteiger partial charge is 0.330 e. The van der Waals surface area contributed by atoms with Gasteiger partial charge in [0.15, 0.2) is 0 Å². The van der Waals surface area contributed by atoms with Crippen molar-refractivity contribution in [3.63, 3.8) is 0 Å². The molecule has 9 heteroatoms. The number of nitrogens with two attached hydrogens (primary N) is 1. The number of hydrogen-bond donors (Lipinski definition) is 9. The first-order valence-electron chi connectivity index (χ1n) is 6.03. The minimum Gasteiger partial charge on any atom is -0.330 e. The SMILES string of the molecule is CCNNNNCCCNNNNCCCN. The molecule has 0 aromatic heterocycles. The van der Waals surface area contributed by atoms with E-state index >= 15 is 0 Å². The van der Waals surface area contributed by atoms with E-state index in [9.17, 15) is 0 Å². The van der Waals surface area contributed by atoms with Gasteiger partial charge in [-0.3, -0.25) is 0 Å². The molecular formula is C8H27N9. The first-order chi connectivity index (χ1) is 8.41. The Morgan fingerprint density at radius 3 is 1.65 bits per heavy atom. The van der Waals surface area contributed by atoms with Gasteiger partial charge in [-0.25, -0.2) is 21.7 Å². The summed E-state index contributed by atoms with van der Waals surface area (Å²) in [6, 6.07) is 0. The maximum absolute atomic E-state index is 5.34. The minimum absolute atomic E-state index is 0.696. The highest BCUT2D eigenvalue weighted by Crippen LogP contribution is 1.68. The smallest absolute Gasteiger partial charge is 0.0126 e. The molecule has 0 bridgehead atoms. The van der Waals surface area contributed by atoms with Gasteiger partial charge < -0.3 is 5.73 Å². The molecule has 0 spiro atoms. The van der Waals surface area contributed by atoms with Crippen LogP contribution in [0.2, 0.25) is 0 Å². The van der Waals surface area contributed by atoms with Crippen molar-refractivity contribution in [2.24, 2.45) is 5.73 Å². The summed E-state index contributed by atoms with van der Waals surface area (Å²) in [5, 5.41) is 0. The highest BCUT2D eigenvalue weighted by molar-refractivity contribution is 4.44. The lowest BCUT2D eigenvalue weighted by atomic mass is 10.4. The van der Waals surface area contributed by atoms with Crippen LogP contribution in [0.25, 0.3) is 0 Å². The molecule has 0 rings (SSSR count). The third-order valence-corrected chi connectivity index (χ3v) is 1.76. The minimum atomic E-state index is 0.696. The molecule has 0 aromatic carbocycles. The molecule has 0 saturated heterocycles. The molecule has 10 N–H and O–H groups in total. The van der Waals surface area contributed by atoms with Crippen LogP contribution in [0, 0.1) is 0 Å². The van der Waals surface area contributed by atoms with Crippen molar-refractivity contribution in [3.8, 4) is 0 Å². The summed E-state index contributed by atoms with van der Waals surface area (Å²) >= 11 is 0. The third-order valence-electron chi connectivity index (χ3n) is 1.76. The lowest BCUT2D eigenvalue weighted by Crippen LogP contribution is -2.52. The number of rotatable bonds is 14. The van der Waals surface area contributed by atoms with Gasteiger partial charge in [0.1, 0.15) is 0 Å². The molecule has 0 heterocycles. The predicted octanol–water partition coefficient (Wildman–Crippen LogP) is -3.05. The van der Waals surface area contributed by atoms with E-state index in [4.69, 9.17) is 5.73 Å². The Morgan fingerprint density at radius 2 is 1.18 bits per heavy atom. The lowest BCUT2D eigenvalue weighted by molar-refractivity contribution is 0.349. The van der Waals surface area contributed by atoms with E-state index in [0.29, 0.717) is 6.54 Å². The zero-order valence-corrected chi connectivity index (χ0v) is 10.5. The van der Waals surface area contributed by atoms with Crippen molar-refractivity contribution < 1.29 is 0 Å². The van der Waals surface area contributed by atoms with Crippen LogP contribution in [-0.4, -0.2) is 32.7 Å². The lowest BCUT2D eigenvalue weighted by Gasteiger charge is -2.10. The number of nitrogens with one attached hydrogen (secondary N) is 8. The molecule has 0 saturated carbocycles. The van der Waals surface area contributed by atoms with Gasteiger partial charge in [-0.05, 0) is 19.4 Å². The van der Waals surface area contributed by atoms with E-state index in [-0.39, 0.29) is 0 Å². The first kappa shape index (κ1) is 16.6. The fraction of sp³-hybridized carbons (Fsp3) is 1.00. The fourth-order valence-electron chi connectivity index (χ4n) is 0.908. The Hall–Kier alpha value is -0.360. The standard InChI is InChI=1S/C8H27N9/c1-2-10-14-15-12-7-4-8-13-17-16-11-6-3-5-9/h10-17H,2-9H2,1H3. The number of hydrazine groups is 6. The van der Waals surface area contributed by atoms with Gasteiger partial charge in [-0.15, -0.1) is 0 Å². The first-order valence-corrected chi connectivity index (χ1v) is 6.03. The van der Waals surface area contributed by atoms with Crippen molar-refractivity contribution in [2.45, 2.75) is 19.8 Å². The van der Waals surface area contributed by atoms with Crippen LogP contribution < -0.4 is 49.6 Å². The summed E-state index contributed by atoms with van der Waals surface area (Å²) in [7, 11) is 0. The van der Waals surface area contributed by atoms with Gasteiger partial charge in [0.2, 0.25) is 0 Å². The Morgan fingerprint density at radius 1 is 0.706 bits per heavy atom. The van der Waals surface area contributed by atoms with Gasteiger partial charge in [0.25, 0.3) is 0 Å². The molecule has 0 radical (unpaired) electrons. The van der Waals surface area contributed by atoms with Crippen molar-refractivity contribution in [3.05, 3.63) is 0 Å². The zero-order valence-electron chi connectivity index (χ0n) is 10.5. The second-order valence-electron chi connectivity index (χ2n) is 3.31. The average molecular weight is 249 g/mol. The van der Waals surface area contributed by atoms with Crippen molar-refractivity contribution in [1.29, 1.82) is 0 Å². The van der Waals surface area contributed by atoms with E-state index in [1.165, 1.54) is 0 Å². The topological polar surface area (TPSA) is 122 Å². The van der Waals surface area contributed by atoms with E-state index in [1.54, 1.807) is 0 Å². The summed E-state index contributed by atoms with van der Waals surface area (Å²) in [5.74, 6) is 0. The van der Waals surface area contributed by atoms with Crippen molar-refractivity contribution in [2.75, 3.05) is 32.7 Å². The van der Waals surface area contributed by atoms with Gasteiger partial charge in [-0.1, -0.05) is 6.92 Å². The van der Waals surface area contributed by atoms with Gasteiger partial charge in [0, 0.05) is 26.2 Å². The normalized spacial score (nSPS) is 10.9. The Labute approximate surface area is 103 Å². The molecule has 0 unspecified atom stereocenters. The highest BCUT2D eigenvalue weighted by atomic mass is 15.7. The molecule has 0 aliphatic rings. The molecule has 0 aliphatic heterocycles. The summed E-state index contributed by atoms with van der Waals surface area (Å²) in [6.07, 6.45) is 1.93. The Bertz CT molecular complexity index is 120. The fourth-order valence-corrected chi connectivity index (χ4v) is 0.908. The molecule has 9 nitrogen and oxygen atoms in total. The van der Waals surface area contributed by atoms with E-state index in [2.05, 4.69) is 43.8 Å². The van der Waals surface area contributed by atoms with E-state index in [0.717, 1.165) is 39.0 Å². The van der Waals surface area contributed by atoms with Gasteiger partial charge in [-0.2, -0.15) is 22.1 Å². The molecule has 0 aliphatic carbocycles. The molecular weight excluding hydrogens is 222 g/mol. The second kappa shape index (κ2) is 15.6. The third kappa shape index (κ3) is 15.6. The maximum atomic E-state index is 5.34. The second-order valence-corrected chi connectivity index (χ2v) is 3.31. The Kier molecular flexibility index (Phi) is 15.3. The molecule has 17 heavy (non-hydrogen) atoms. The van der Waals surface area contributed by atoms with Crippen molar-refractivity contribution >= 4 is 0 Å². The summed E-state index contributed by atoms with van der Waals surface area (Å²) in [5.41, 5.74) is 28.5. The molecule has 0 fully saturated rings. The monoisotopic (exact) mass is 249 g/mol. The molecule has 0 atom stereocenters. The Balaban J connectivity index is 2.85. The average Bonchev–Trinajstić information content (AvgIpc) is 2.35. The highest BCUT2D eigenvalue weighted by Gasteiger charge is 1.87. The van der Waals surface area contributed by atoms with Gasteiger partial charge >= 0.3 is 0 Å². The van der Waals surface area contributed by atoms with Crippen LogP contribution in [0.1, 0.15) is 19.8 Å². The van der Waals surface area contributed by atoms with Crippen LogP contribution >= 0.6 is 0 Å². The van der Waals surface area contributed by atoms with Crippen LogP contribution in [0.3, 0.4) is 0 Å². The number of hydrogen-bond acceptors (Lipinski definition) is 9. The molecule has 0 amide bonds. The van der Waals surface area contributed by atoms with E-state index in [1.807, 2.05) is 6.92 Å². The van der Waals surface area contributed by atoms with Crippen LogP contribution in [-0.2, 0) is 0 Å². The van der Waals surface area contributed by atoms with Crippen LogP contribution in [0.15, 0.2) is 0 Å². The predicted molar refractivity (Wildman–Crippen MR) is 68.5 cm³/mol. The summed E-state index contributed by atoms with van der Waals surface area (Å²) in [4.78, 5) is 0. The zero-order chi connectivity index (χ0) is 12.6. The van der Waals surface area contributed by atoms with Crippen LogP contribution in [0.5, 0.6) is 0 Å².